The number of benzene rings is 2. The molecule has 0 bridgehead atoms. The van der Waals surface area contributed by atoms with Crippen molar-refractivity contribution in [3.8, 4) is 11.1 Å². The average Bonchev–Trinajstić information content (AvgIpc) is 2.93. The maximum atomic E-state index is 13.8. The fourth-order valence-electron chi connectivity index (χ4n) is 4.04. The predicted molar refractivity (Wildman–Crippen MR) is 117 cm³/mol. The van der Waals surface area contributed by atoms with E-state index in [9.17, 15) is 14.0 Å². The molecule has 0 aliphatic carbocycles. The first-order chi connectivity index (χ1) is 15.0. The summed E-state index contributed by atoms with van der Waals surface area (Å²) in [5.74, 6) is -0.771. The molecule has 5 nitrogen and oxygen atoms in total. The Kier molecular flexibility index (Phi) is 6.07. The summed E-state index contributed by atoms with van der Waals surface area (Å²) < 4.78 is 13.8. The molecule has 1 fully saturated rings. The van der Waals surface area contributed by atoms with Crippen LogP contribution in [-0.4, -0.2) is 53.3 Å². The van der Waals surface area contributed by atoms with Crippen molar-refractivity contribution in [3.63, 3.8) is 0 Å². The first kappa shape index (κ1) is 20.7. The smallest absolute Gasteiger partial charge is 0.254 e. The molecule has 1 atom stereocenters. The maximum Gasteiger partial charge on any atom is 0.254 e. The normalized spacial score (nSPS) is 16.8. The molecule has 1 saturated heterocycles. The lowest BCUT2D eigenvalue weighted by molar-refractivity contribution is -0.133. The SMILES string of the molecule is CN1CCN(C(=O)c2ccncc2)C[C@H](Cc2ccccc2-c2cccc(F)c2)C1=O. The summed E-state index contributed by atoms with van der Waals surface area (Å²) in [6.07, 6.45) is 3.65. The van der Waals surface area contributed by atoms with Gasteiger partial charge < -0.3 is 9.80 Å². The zero-order valence-electron chi connectivity index (χ0n) is 17.4. The number of hydrogen-bond donors (Lipinski definition) is 0. The van der Waals surface area contributed by atoms with Crippen molar-refractivity contribution in [1.82, 2.24) is 14.8 Å². The van der Waals surface area contributed by atoms with Crippen molar-refractivity contribution in [1.29, 1.82) is 0 Å². The number of amides is 2. The van der Waals surface area contributed by atoms with Gasteiger partial charge in [0.05, 0.1) is 5.92 Å². The number of nitrogens with zero attached hydrogens (tertiary/aromatic N) is 3. The third-order valence-electron chi connectivity index (χ3n) is 5.71. The summed E-state index contributed by atoms with van der Waals surface area (Å²) in [5.41, 5.74) is 3.19. The van der Waals surface area contributed by atoms with Gasteiger partial charge in [-0.15, -0.1) is 0 Å². The van der Waals surface area contributed by atoms with Gasteiger partial charge in [0.1, 0.15) is 5.82 Å². The molecule has 6 heteroatoms. The van der Waals surface area contributed by atoms with E-state index in [0.29, 0.717) is 31.6 Å². The summed E-state index contributed by atoms with van der Waals surface area (Å²) in [7, 11) is 1.77. The summed E-state index contributed by atoms with van der Waals surface area (Å²) in [4.78, 5) is 33.5. The third kappa shape index (κ3) is 4.63. The number of halogens is 1. The Morgan fingerprint density at radius 1 is 1.06 bits per heavy atom. The van der Waals surface area contributed by atoms with Gasteiger partial charge in [-0.1, -0.05) is 36.4 Å². The van der Waals surface area contributed by atoms with Gasteiger partial charge in [-0.05, 0) is 47.4 Å². The maximum absolute atomic E-state index is 13.8. The van der Waals surface area contributed by atoms with Crippen LogP contribution in [-0.2, 0) is 11.2 Å². The van der Waals surface area contributed by atoms with Crippen LogP contribution >= 0.6 is 0 Å². The molecule has 1 aromatic heterocycles. The van der Waals surface area contributed by atoms with E-state index < -0.39 is 0 Å². The molecule has 0 N–H and O–H groups in total. The van der Waals surface area contributed by atoms with Gasteiger partial charge in [0.2, 0.25) is 5.91 Å². The molecule has 1 aliphatic rings. The molecule has 3 aromatic rings. The lowest BCUT2D eigenvalue weighted by atomic mass is 9.91. The zero-order valence-corrected chi connectivity index (χ0v) is 17.4. The second-order valence-corrected chi connectivity index (χ2v) is 7.82. The molecule has 2 aromatic carbocycles. The summed E-state index contributed by atoms with van der Waals surface area (Å²) in [6.45, 7) is 1.30. The van der Waals surface area contributed by atoms with E-state index in [0.717, 1.165) is 16.7 Å². The highest BCUT2D eigenvalue weighted by Gasteiger charge is 2.31. The lowest BCUT2D eigenvalue weighted by Gasteiger charge is -2.24. The molecule has 31 heavy (non-hydrogen) atoms. The van der Waals surface area contributed by atoms with Gasteiger partial charge in [0.15, 0.2) is 0 Å². The standard InChI is InChI=1S/C25H24FN3O2/c1-28-13-14-29(25(31)18-9-11-27-12-10-18)17-21(24(28)30)15-19-5-2-3-8-23(19)20-6-4-7-22(26)16-20/h2-12,16,21H,13-15,17H2,1H3/t21-/m0/s1. The minimum absolute atomic E-state index is 0.0130. The van der Waals surface area contributed by atoms with Crippen LogP contribution in [0.2, 0.25) is 0 Å². The molecular weight excluding hydrogens is 393 g/mol. The Labute approximate surface area is 181 Å². The highest BCUT2D eigenvalue weighted by molar-refractivity contribution is 5.94. The van der Waals surface area contributed by atoms with Crippen LogP contribution < -0.4 is 0 Å². The zero-order chi connectivity index (χ0) is 21.8. The first-order valence-corrected chi connectivity index (χ1v) is 10.3. The van der Waals surface area contributed by atoms with Crippen molar-refractivity contribution in [2.45, 2.75) is 6.42 Å². The molecule has 0 saturated carbocycles. The van der Waals surface area contributed by atoms with Crippen molar-refractivity contribution < 1.29 is 14.0 Å². The molecule has 0 unspecified atom stereocenters. The molecule has 0 radical (unpaired) electrons. The highest BCUT2D eigenvalue weighted by atomic mass is 19.1. The monoisotopic (exact) mass is 417 g/mol. The van der Waals surface area contributed by atoms with E-state index in [4.69, 9.17) is 0 Å². The first-order valence-electron chi connectivity index (χ1n) is 10.3. The van der Waals surface area contributed by atoms with Crippen LogP contribution in [0.25, 0.3) is 11.1 Å². The summed E-state index contributed by atoms with van der Waals surface area (Å²) in [6, 6.07) is 17.6. The largest absolute Gasteiger partial charge is 0.344 e. The molecule has 4 rings (SSSR count). The van der Waals surface area contributed by atoms with Crippen LogP contribution in [0.15, 0.2) is 73.1 Å². The number of pyridine rings is 1. The quantitative estimate of drug-likeness (QED) is 0.651. The summed E-state index contributed by atoms with van der Waals surface area (Å²) >= 11 is 0. The number of carbonyl (C=O) groups is 2. The van der Waals surface area contributed by atoms with E-state index in [-0.39, 0.29) is 23.5 Å². The minimum atomic E-state index is -0.381. The number of hydrogen-bond acceptors (Lipinski definition) is 3. The van der Waals surface area contributed by atoms with Crippen LogP contribution in [0.4, 0.5) is 4.39 Å². The number of likely N-dealkylation sites (N-methyl/N-ethyl adjacent to an activating group) is 1. The van der Waals surface area contributed by atoms with Crippen LogP contribution in [0.5, 0.6) is 0 Å². The summed E-state index contributed by atoms with van der Waals surface area (Å²) in [5, 5.41) is 0. The van der Waals surface area contributed by atoms with Gasteiger partial charge in [0.25, 0.3) is 5.91 Å². The van der Waals surface area contributed by atoms with Crippen LogP contribution in [0, 0.1) is 11.7 Å². The molecule has 158 valence electrons. The minimum Gasteiger partial charge on any atom is -0.344 e. The Balaban J connectivity index is 1.62. The Bertz CT molecular complexity index is 1090. The van der Waals surface area contributed by atoms with Gasteiger partial charge in [-0.3, -0.25) is 14.6 Å². The van der Waals surface area contributed by atoms with Gasteiger partial charge in [0, 0.05) is 44.6 Å². The highest BCUT2D eigenvalue weighted by Crippen LogP contribution is 2.28. The Morgan fingerprint density at radius 2 is 1.84 bits per heavy atom. The second-order valence-electron chi connectivity index (χ2n) is 7.82. The van der Waals surface area contributed by atoms with Crippen molar-refractivity contribution >= 4 is 11.8 Å². The van der Waals surface area contributed by atoms with Crippen molar-refractivity contribution in [3.05, 3.63) is 90.0 Å². The van der Waals surface area contributed by atoms with E-state index >= 15 is 0 Å². The van der Waals surface area contributed by atoms with Gasteiger partial charge in [-0.25, -0.2) is 4.39 Å². The third-order valence-corrected chi connectivity index (χ3v) is 5.71. The second kappa shape index (κ2) is 9.08. The molecule has 1 aliphatic heterocycles. The fraction of sp³-hybridized carbons (Fsp3) is 0.240. The van der Waals surface area contributed by atoms with E-state index in [1.54, 1.807) is 47.4 Å². The number of carbonyl (C=O) groups excluding carboxylic acids is 2. The fourth-order valence-corrected chi connectivity index (χ4v) is 4.04. The van der Waals surface area contributed by atoms with Crippen molar-refractivity contribution in [2.75, 3.05) is 26.7 Å². The number of aromatic nitrogens is 1. The van der Waals surface area contributed by atoms with Gasteiger partial charge in [-0.2, -0.15) is 0 Å². The van der Waals surface area contributed by atoms with Crippen LogP contribution in [0.1, 0.15) is 15.9 Å². The van der Waals surface area contributed by atoms with E-state index in [2.05, 4.69) is 4.98 Å². The van der Waals surface area contributed by atoms with Crippen molar-refractivity contribution in [2.24, 2.45) is 5.92 Å². The Morgan fingerprint density at radius 3 is 2.61 bits per heavy atom. The number of rotatable bonds is 4. The predicted octanol–water partition coefficient (Wildman–Crippen LogP) is 3.66. The van der Waals surface area contributed by atoms with Gasteiger partial charge >= 0.3 is 0 Å². The molecule has 0 spiro atoms. The molecule has 2 heterocycles. The molecular formula is C25H24FN3O2. The van der Waals surface area contributed by atoms with E-state index in [1.807, 2.05) is 30.3 Å². The topological polar surface area (TPSA) is 53.5 Å². The van der Waals surface area contributed by atoms with Crippen LogP contribution in [0.3, 0.4) is 0 Å². The molecule has 2 amide bonds. The average molecular weight is 417 g/mol. The van der Waals surface area contributed by atoms with E-state index in [1.165, 1.54) is 12.1 Å². The Hall–Kier alpha value is -3.54. The lowest BCUT2D eigenvalue weighted by Crippen LogP contribution is -2.37.